The normalized spacial score (nSPS) is 13.1. The van der Waals surface area contributed by atoms with E-state index in [4.69, 9.17) is 9.15 Å². The van der Waals surface area contributed by atoms with Gasteiger partial charge in [-0.3, -0.25) is 0 Å². The number of furan rings is 1. The van der Waals surface area contributed by atoms with Crippen LogP contribution in [0, 0.1) is 0 Å². The van der Waals surface area contributed by atoms with Gasteiger partial charge in [0, 0.05) is 25.3 Å². The first-order valence-electron chi connectivity index (χ1n) is 4.68. The summed E-state index contributed by atoms with van der Waals surface area (Å²) >= 11 is 3.38. The zero-order valence-electron chi connectivity index (χ0n) is 8.55. The van der Waals surface area contributed by atoms with Gasteiger partial charge in [-0.25, -0.2) is 0 Å². The van der Waals surface area contributed by atoms with Crippen molar-refractivity contribution in [1.29, 1.82) is 0 Å². The zero-order chi connectivity index (χ0) is 10.4. The first-order valence-corrected chi connectivity index (χ1v) is 5.48. The Bertz CT molecular complexity index is 262. The number of halogens is 1. The Morgan fingerprint density at radius 3 is 2.93 bits per heavy atom. The highest BCUT2D eigenvalue weighted by atomic mass is 79.9. The van der Waals surface area contributed by atoms with Crippen molar-refractivity contribution < 1.29 is 9.15 Å². The number of hydrogen-bond donors (Lipinski definition) is 1. The monoisotopic (exact) mass is 261 g/mol. The van der Waals surface area contributed by atoms with Crippen molar-refractivity contribution in [3.05, 3.63) is 22.6 Å². The lowest BCUT2D eigenvalue weighted by molar-refractivity contribution is 0.189. The molecule has 1 unspecified atom stereocenters. The van der Waals surface area contributed by atoms with Gasteiger partial charge in [0.1, 0.15) is 0 Å². The average Bonchev–Trinajstić information content (AvgIpc) is 2.60. The Morgan fingerprint density at radius 1 is 1.64 bits per heavy atom. The van der Waals surface area contributed by atoms with E-state index in [1.807, 2.05) is 13.1 Å². The minimum absolute atomic E-state index is 0.332. The molecule has 0 aliphatic rings. The molecule has 0 aliphatic heterocycles. The van der Waals surface area contributed by atoms with Crippen LogP contribution in [0.2, 0.25) is 0 Å². The largest absolute Gasteiger partial charge is 0.457 e. The molecule has 1 N–H and O–H groups in total. The molecule has 3 nitrogen and oxygen atoms in total. The molecule has 1 atom stereocenters. The zero-order valence-corrected chi connectivity index (χ0v) is 10.1. The van der Waals surface area contributed by atoms with Crippen LogP contribution in [-0.2, 0) is 4.74 Å². The Hall–Kier alpha value is -0.320. The van der Waals surface area contributed by atoms with Gasteiger partial charge in [0.25, 0.3) is 0 Å². The molecule has 0 spiro atoms. The molecule has 0 saturated heterocycles. The Kier molecular flexibility index (Phi) is 5.22. The summed E-state index contributed by atoms with van der Waals surface area (Å²) in [4.78, 5) is 0. The van der Waals surface area contributed by atoms with E-state index in [2.05, 4.69) is 21.2 Å². The van der Waals surface area contributed by atoms with Crippen LogP contribution >= 0.6 is 15.9 Å². The molecule has 4 heteroatoms. The van der Waals surface area contributed by atoms with E-state index >= 15 is 0 Å². The Balaban J connectivity index is 2.50. The molecule has 0 aliphatic carbocycles. The minimum Gasteiger partial charge on any atom is -0.457 e. The summed E-state index contributed by atoms with van der Waals surface area (Å²) in [6.07, 6.45) is 3.78. The summed E-state index contributed by atoms with van der Waals surface area (Å²) in [6, 6.07) is 2.32. The molecule has 14 heavy (non-hydrogen) atoms. The molecule has 80 valence electrons. The second kappa shape index (κ2) is 6.22. The highest BCUT2D eigenvalue weighted by Crippen LogP contribution is 2.27. The standard InChI is InChI=1S/C10H16BrNO2/c1-12-9(4-3-6-13-2)8-5-7-14-10(8)11/h5,7,9,12H,3-4,6H2,1-2H3. The maximum absolute atomic E-state index is 5.20. The van der Waals surface area contributed by atoms with Crippen LogP contribution in [0.25, 0.3) is 0 Å². The molecular weight excluding hydrogens is 246 g/mol. The lowest BCUT2D eigenvalue weighted by Gasteiger charge is -2.14. The van der Waals surface area contributed by atoms with Gasteiger partial charge >= 0.3 is 0 Å². The van der Waals surface area contributed by atoms with E-state index in [1.165, 1.54) is 5.56 Å². The van der Waals surface area contributed by atoms with Crippen molar-refractivity contribution >= 4 is 15.9 Å². The topological polar surface area (TPSA) is 34.4 Å². The van der Waals surface area contributed by atoms with Crippen LogP contribution in [-0.4, -0.2) is 20.8 Å². The third kappa shape index (κ3) is 3.12. The van der Waals surface area contributed by atoms with Gasteiger partial charge in [-0.2, -0.15) is 0 Å². The van der Waals surface area contributed by atoms with Crippen LogP contribution in [0.1, 0.15) is 24.4 Å². The number of nitrogens with one attached hydrogen (secondary N) is 1. The SMILES string of the molecule is CNC(CCCOC)c1ccoc1Br. The van der Waals surface area contributed by atoms with Crippen molar-refractivity contribution in [1.82, 2.24) is 5.32 Å². The van der Waals surface area contributed by atoms with E-state index < -0.39 is 0 Å². The Labute approximate surface area is 92.9 Å². The minimum atomic E-state index is 0.332. The smallest absolute Gasteiger partial charge is 0.173 e. The predicted octanol–water partition coefficient (Wildman–Crippen LogP) is 2.73. The third-order valence-corrected chi connectivity index (χ3v) is 2.86. The predicted molar refractivity (Wildman–Crippen MR) is 59.3 cm³/mol. The number of methoxy groups -OCH3 is 1. The fraction of sp³-hybridized carbons (Fsp3) is 0.600. The summed E-state index contributed by atoms with van der Waals surface area (Å²) < 4.78 is 11.0. The van der Waals surface area contributed by atoms with E-state index in [0.717, 1.165) is 24.1 Å². The van der Waals surface area contributed by atoms with Crippen molar-refractivity contribution in [2.45, 2.75) is 18.9 Å². The summed E-state index contributed by atoms with van der Waals surface area (Å²) in [5, 5.41) is 3.26. The first kappa shape index (κ1) is 11.8. The van der Waals surface area contributed by atoms with Gasteiger partial charge in [-0.1, -0.05) is 0 Å². The van der Waals surface area contributed by atoms with Gasteiger partial charge in [0.2, 0.25) is 0 Å². The van der Waals surface area contributed by atoms with E-state index in [9.17, 15) is 0 Å². The van der Waals surface area contributed by atoms with Crippen molar-refractivity contribution in [3.8, 4) is 0 Å². The van der Waals surface area contributed by atoms with Gasteiger partial charge in [0.05, 0.1) is 6.26 Å². The molecule has 1 heterocycles. The fourth-order valence-corrected chi connectivity index (χ4v) is 1.96. The summed E-state index contributed by atoms with van der Waals surface area (Å²) in [5.41, 5.74) is 1.17. The molecule has 1 rings (SSSR count). The molecule has 0 aromatic carbocycles. The second-order valence-corrected chi connectivity index (χ2v) is 3.85. The molecule has 0 radical (unpaired) electrons. The lowest BCUT2D eigenvalue weighted by Crippen LogP contribution is -2.16. The summed E-state index contributed by atoms with van der Waals surface area (Å²) in [5.74, 6) is 0. The van der Waals surface area contributed by atoms with Crippen LogP contribution in [0.5, 0.6) is 0 Å². The van der Waals surface area contributed by atoms with Gasteiger partial charge in [-0.15, -0.1) is 0 Å². The Morgan fingerprint density at radius 2 is 2.43 bits per heavy atom. The molecule has 0 amide bonds. The fourth-order valence-electron chi connectivity index (χ4n) is 1.44. The number of hydrogen-bond acceptors (Lipinski definition) is 3. The van der Waals surface area contributed by atoms with Crippen LogP contribution < -0.4 is 5.32 Å². The molecule has 0 fully saturated rings. The van der Waals surface area contributed by atoms with Gasteiger partial charge in [-0.05, 0) is 41.9 Å². The maximum Gasteiger partial charge on any atom is 0.173 e. The molecule has 1 aromatic rings. The van der Waals surface area contributed by atoms with Crippen LogP contribution in [0.3, 0.4) is 0 Å². The molecular formula is C10H16BrNO2. The van der Waals surface area contributed by atoms with E-state index in [-0.39, 0.29) is 0 Å². The summed E-state index contributed by atoms with van der Waals surface area (Å²) in [6.45, 7) is 0.799. The highest BCUT2D eigenvalue weighted by Gasteiger charge is 2.13. The van der Waals surface area contributed by atoms with Crippen molar-refractivity contribution in [2.75, 3.05) is 20.8 Å². The number of rotatable bonds is 6. The number of ether oxygens (including phenoxy) is 1. The van der Waals surface area contributed by atoms with Gasteiger partial charge in [0.15, 0.2) is 4.67 Å². The summed E-state index contributed by atoms with van der Waals surface area (Å²) in [7, 11) is 3.68. The van der Waals surface area contributed by atoms with Crippen LogP contribution in [0.15, 0.2) is 21.4 Å². The second-order valence-electron chi connectivity index (χ2n) is 3.13. The third-order valence-electron chi connectivity index (χ3n) is 2.21. The maximum atomic E-state index is 5.20. The average molecular weight is 262 g/mol. The van der Waals surface area contributed by atoms with E-state index in [1.54, 1.807) is 13.4 Å². The molecule has 1 aromatic heterocycles. The van der Waals surface area contributed by atoms with E-state index in [0.29, 0.717) is 6.04 Å². The van der Waals surface area contributed by atoms with Crippen molar-refractivity contribution in [3.63, 3.8) is 0 Å². The van der Waals surface area contributed by atoms with Crippen LogP contribution in [0.4, 0.5) is 0 Å². The lowest BCUT2D eigenvalue weighted by atomic mass is 10.1. The quantitative estimate of drug-likeness (QED) is 0.800. The molecule has 0 saturated carbocycles. The van der Waals surface area contributed by atoms with Crippen molar-refractivity contribution in [2.24, 2.45) is 0 Å². The van der Waals surface area contributed by atoms with Gasteiger partial charge < -0.3 is 14.5 Å². The first-order chi connectivity index (χ1) is 6.79. The molecule has 0 bridgehead atoms. The highest BCUT2D eigenvalue weighted by molar-refractivity contribution is 9.10.